The first-order valence-electron chi connectivity index (χ1n) is 5.06. The van der Waals surface area contributed by atoms with Crippen LogP contribution in [0.15, 0.2) is 6.20 Å². The van der Waals surface area contributed by atoms with Crippen LogP contribution in [-0.4, -0.2) is 22.3 Å². The Kier molecular flexibility index (Phi) is 3.26. The largest absolute Gasteiger partial charge is 0.337 e. The van der Waals surface area contributed by atoms with Gasteiger partial charge in [-0.2, -0.15) is 0 Å². The van der Waals surface area contributed by atoms with Crippen molar-refractivity contribution in [3.63, 3.8) is 0 Å². The lowest BCUT2D eigenvalue weighted by molar-refractivity contribution is -0.138. The summed E-state index contributed by atoms with van der Waals surface area (Å²) in [6.45, 7) is 3.51. The Balaban J connectivity index is 2.02. The first-order chi connectivity index (χ1) is 7.16. The number of thiazole rings is 1. The molecule has 1 unspecified atom stereocenters. The lowest BCUT2D eigenvalue weighted by Crippen LogP contribution is -2.39. The van der Waals surface area contributed by atoms with Gasteiger partial charge < -0.3 is 4.90 Å². The average Bonchev–Trinajstić information content (AvgIpc) is 2.59. The second-order valence-corrected chi connectivity index (χ2v) is 5.58. The number of likely N-dealkylation sites (tertiary alicyclic amines) is 1. The summed E-state index contributed by atoms with van der Waals surface area (Å²) in [4.78, 5) is 18.7. The maximum atomic E-state index is 11.8. The maximum Gasteiger partial charge on any atom is 0.225 e. The van der Waals surface area contributed by atoms with Gasteiger partial charge in [0.15, 0.2) is 4.47 Å². The van der Waals surface area contributed by atoms with E-state index in [0.29, 0.717) is 11.0 Å². The second kappa shape index (κ2) is 4.49. The number of hydrogen-bond donors (Lipinski definition) is 0. The van der Waals surface area contributed by atoms with Crippen molar-refractivity contribution in [3.05, 3.63) is 15.5 Å². The molecule has 3 nitrogen and oxygen atoms in total. The Morgan fingerprint density at radius 1 is 1.73 bits per heavy atom. The Morgan fingerprint density at radius 2 is 2.53 bits per heavy atom. The zero-order valence-corrected chi connectivity index (χ0v) is 10.1. The average molecular weight is 245 g/mol. The molecule has 1 atom stereocenters. The van der Waals surface area contributed by atoms with Crippen LogP contribution in [0.3, 0.4) is 0 Å². The predicted molar refractivity (Wildman–Crippen MR) is 60.9 cm³/mol. The molecular weight excluding hydrogens is 232 g/mol. The van der Waals surface area contributed by atoms with Crippen LogP contribution in [-0.2, 0) is 11.3 Å². The SMILES string of the molecule is CC1CCCN(Cc2cnc(Cl)s2)C1=O. The van der Waals surface area contributed by atoms with E-state index in [2.05, 4.69) is 4.98 Å². The van der Waals surface area contributed by atoms with E-state index in [1.807, 2.05) is 11.8 Å². The summed E-state index contributed by atoms with van der Waals surface area (Å²) in [7, 11) is 0. The van der Waals surface area contributed by atoms with Gasteiger partial charge in [-0.25, -0.2) is 4.98 Å². The molecule has 1 saturated heterocycles. The number of nitrogens with zero attached hydrogens (tertiary/aromatic N) is 2. The van der Waals surface area contributed by atoms with Gasteiger partial charge >= 0.3 is 0 Å². The van der Waals surface area contributed by atoms with Gasteiger partial charge in [0.05, 0.1) is 6.54 Å². The van der Waals surface area contributed by atoms with E-state index >= 15 is 0 Å². The number of carbonyl (C=O) groups is 1. The fourth-order valence-electron chi connectivity index (χ4n) is 1.84. The van der Waals surface area contributed by atoms with Crippen LogP contribution >= 0.6 is 22.9 Å². The number of piperidine rings is 1. The third-order valence-corrected chi connectivity index (χ3v) is 3.77. The molecule has 1 amide bonds. The molecule has 2 rings (SSSR count). The number of carbonyl (C=O) groups excluding carboxylic acids is 1. The second-order valence-electron chi connectivity index (χ2n) is 3.88. The molecule has 0 aromatic carbocycles. The molecule has 82 valence electrons. The van der Waals surface area contributed by atoms with Crippen molar-refractivity contribution in [3.8, 4) is 0 Å². The first-order valence-corrected chi connectivity index (χ1v) is 6.25. The van der Waals surface area contributed by atoms with Gasteiger partial charge in [-0.15, -0.1) is 11.3 Å². The molecule has 0 N–H and O–H groups in total. The van der Waals surface area contributed by atoms with Crippen molar-refractivity contribution in [1.29, 1.82) is 0 Å². The molecule has 2 heterocycles. The van der Waals surface area contributed by atoms with Gasteiger partial charge in [0, 0.05) is 23.5 Å². The van der Waals surface area contributed by atoms with E-state index in [1.54, 1.807) is 6.20 Å². The molecule has 5 heteroatoms. The van der Waals surface area contributed by atoms with Gasteiger partial charge in [0.2, 0.25) is 5.91 Å². The van der Waals surface area contributed by atoms with Gasteiger partial charge in [0.1, 0.15) is 0 Å². The standard InChI is InChI=1S/C10H13ClN2OS/c1-7-3-2-4-13(9(7)14)6-8-5-12-10(11)15-8/h5,7H,2-4,6H2,1H3. The van der Waals surface area contributed by atoms with E-state index in [-0.39, 0.29) is 11.8 Å². The van der Waals surface area contributed by atoms with Crippen LogP contribution in [0.1, 0.15) is 24.6 Å². The molecule has 1 fully saturated rings. The van der Waals surface area contributed by atoms with Gasteiger partial charge in [0.25, 0.3) is 0 Å². The molecule has 1 aliphatic rings. The lowest BCUT2D eigenvalue weighted by atomic mass is 9.99. The molecule has 15 heavy (non-hydrogen) atoms. The summed E-state index contributed by atoms with van der Waals surface area (Å²) in [5, 5.41) is 0. The minimum Gasteiger partial charge on any atom is -0.337 e. The lowest BCUT2D eigenvalue weighted by Gasteiger charge is -2.30. The highest BCUT2D eigenvalue weighted by Gasteiger charge is 2.25. The Hall–Kier alpha value is -0.610. The van der Waals surface area contributed by atoms with E-state index in [9.17, 15) is 4.79 Å². The number of hydrogen-bond acceptors (Lipinski definition) is 3. The zero-order chi connectivity index (χ0) is 10.8. The fourth-order valence-corrected chi connectivity index (χ4v) is 2.83. The van der Waals surface area contributed by atoms with Crippen molar-refractivity contribution in [2.75, 3.05) is 6.54 Å². The van der Waals surface area contributed by atoms with E-state index in [0.717, 1.165) is 24.3 Å². The molecule has 0 bridgehead atoms. The molecule has 1 aromatic rings. The fraction of sp³-hybridized carbons (Fsp3) is 0.600. The van der Waals surface area contributed by atoms with Crippen molar-refractivity contribution < 1.29 is 4.79 Å². The van der Waals surface area contributed by atoms with Crippen LogP contribution in [0, 0.1) is 5.92 Å². The summed E-state index contributed by atoms with van der Waals surface area (Å²) in [6.07, 6.45) is 3.86. The van der Waals surface area contributed by atoms with Crippen molar-refractivity contribution >= 4 is 28.8 Å². The number of aromatic nitrogens is 1. The van der Waals surface area contributed by atoms with E-state index in [1.165, 1.54) is 11.3 Å². The number of halogens is 1. The highest BCUT2D eigenvalue weighted by Crippen LogP contribution is 2.23. The summed E-state index contributed by atoms with van der Waals surface area (Å²) in [5.41, 5.74) is 0. The maximum absolute atomic E-state index is 11.8. The summed E-state index contributed by atoms with van der Waals surface area (Å²) >= 11 is 7.19. The van der Waals surface area contributed by atoms with E-state index < -0.39 is 0 Å². The van der Waals surface area contributed by atoms with Crippen molar-refractivity contribution in [1.82, 2.24) is 9.88 Å². The van der Waals surface area contributed by atoms with Crippen molar-refractivity contribution in [2.24, 2.45) is 5.92 Å². The summed E-state index contributed by atoms with van der Waals surface area (Å²) in [6, 6.07) is 0. The van der Waals surface area contributed by atoms with Gasteiger partial charge in [-0.05, 0) is 12.8 Å². The van der Waals surface area contributed by atoms with E-state index in [4.69, 9.17) is 11.6 Å². The van der Waals surface area contributed by atoms with Crippen LogP contribution in [0.5, 0.6) is 0 Å². The Labute approximate surface area is 98.1 Å². The predicted octanol–water partition coefficient (Wildman–Crippen LogP) is 2.56. The number of amides is 1. The topological polar surface area (TPSA) is 33.2 Å². The molecule has 1 aliphatic heterocycles. The minimum atomic E-state index is 0.169. The summed E-state index contributed by atoms with van der Waals surface area (Å²) < 4.78 is 0.544. The normalized spacial score (nSPS) is 22.1. The Morgan fingerprint density at radius 3 is 3.20 bits per heavy atom. The highest BCUT2D eigenvalue weighted by atomic mass is 35.5. The monoisotopic (exact) mass is 244 g/mol. The first kappa shape index (κ1) is 10.9. The zero-order valence-electron chi connectivity index (χ0n) is 8.57. The molecule has 0 radical (unpaired) electrons. The van der Waals surface area contributed by atoms with Crippen LogP contribution in [0.25, 0.3) is 0 Å². The number of rotatable bonds is 2. The quantitative estimate of drug-likeness (QED) is 0.801. The molecule has 0 saturated carbocycles. The Bertz CT molecular complexity index is 366. The molecule has 0 aliphatic carbocycles. The third kappa shape index (κ3) is 2.49. The van der Waals surface area contributed by atoms with Crippen LogP contribution in [0.4, 0.5) is 0 Å². The van der Waals surface area contributed by atoms with Gasteiger partial charge in [-0.3, -0.25) is 4.79 Å². The van der Waals surface area contributed by atoms with Crippen LogP contribution in [0.2, 0.25) is 4.47 Å². The molecule has 0 spiro atoms. The highest BCUT2D eigenvalue weighted by molar-refractivity contribution is 7.15. The third-order valence-electron chi connectivity index (χ3n) is 2.67. The van der Waals surface area contributed by atoms with Crippen LogP contribution < -0.4 is 0 Å². The minimum absolute atomic E-state index is 0.169. The smallest absolute Gasteiger partial charge is 0.225 e. The van der Waals surface area contributed by atoms with Gasteiger partial charge in [-0.1, -0.05) is 18.5 Å². The molecule has 1 aromatic heterocycles. The van der Waals surface area contributed by atoms with Crippen molar-refractivity contribution in [2.45, 2.75) is 26.3 Å². The molecular formula is C10H13ClN2OS. The summed E-state index contributed by atoms with van der Waals surface area (Å²) in [5.74, 6) is 0.424.